The Hall–Kier alpha value is -1.33. The van der Waals surface area contributed by atoms with Crippen molar-refractivity contribution in [1.29, 1.82) is 0 Å². The average Bonchev–Trinajstić information content (AvgIpc) is 3.02. The van der Waals surface area contributed by atoms with E-state index in [2.05, 4.69) is 10.2 Å². The number of furan rings is 1. The molecule has 1 saturated heterocycles. The van der Waals surface area contributed by atoms with E-state index in [0.717, 1.165) is 51.2 Å². The summed E-state index contributed by atoms with van der Waals surface area (Å²) in [6.07, 6.45) is 7.16. The minimum absolute atomic E-state index is 0.189. The molecule has 0 spiro atoms. The van der Waals surface area contributed by atoms with Gasteiger partial charge in [-0.2, -0.15) is 0 Å². The van der Waals surface area contributed by atoms with Gasteiger partial charge in [0, 0.05) is 20.2 Å². The Bertz CT molecular complexity index is 496. The maximum Gasteiger partial charge on any atom is 0.228 e. The molecule has 0 bridgehead atoms. The molecule has 23 heavy (non-hydrogen) atoms. The van der Waals surface area contributed by atoms with Gasteiger partial charge in [0.05, 0.1) is 24.8 Å². The summed E-state index contributed by atoms with van der Waals surface area (Å²) in [5.74, 6) is 1.74. The molecule has 2 heterocycles. The van der Waals surface area contributed by atoms with Gasteiger partial charge in [-0.05, 0) is 50.3 Å². The lowest BCUT2D eigenvalue weighted by molar-refractivity contribution is -0.140. The highest BCUT2D eigenvalue weighted by molar-refractivity contribution is 5.83. The molecule has 3 rings (SSSR count). The Morgan fingerprint density at radius 2 is 2.35 bits per heavy atom. The summed E-state index contributed by atoms with van der Waals surface area (Å²) < 4.78 is 10.7. The monoisotopic (exact) mass is 320 g/mol. The summed E-state index contributed by atoms with van der Waals surface area (Å²) in [5.41, 5.74) is -0.253. The molecule has 1 aromatic rings. The Morgan fingerprint density at radius 3 is 3.00 bits per heavy atom. The van der Waals surface area contributed by atoms with Gasteiger partial charge in [-0.15, -0.1) is 0 Å². The normalized spacial score (nSPS) is 24.1. The zero-order valence-electron chi connectivity index (χ0n) is 14.1. The summed E-state index contributed by atoms with van der Waals surface area (Å²) in [7, 11) is 1.68. The number of nitrogens with zero attached hydrogens (tertiary/aromatic N) is 1. The Labute approximate surface area is 138 Å². The van der Waals surface area contributed by atoms with Crippen LogP contribution in [-0.4, -0.2) is 44.2 Å². The number of piperidine rings is 1. The number of carbonyl (C=O) groups is 1. The smallest absolute Gasteiger partial charge is 0.228 e. The molecule has 1 amide bonds. The van der Waals surface area contributed by atoms with Gasteiger partial charge >= 0.3 is 0 Å². The van der Waals surface area contributed by atoms with Gasteiger partial charge in [0.1, 0.15) is 5.76 Å². The third-order valence-corrected chi connectivity index (χ3v) is 5.33. The van der Waals surface area contributed by atoms with E-state index in [1.165, 1.54) is 12.8 Å². The summed E-state index contributed by atoms with van der Waals surface area (Å²) in [6.45, 7) is 4.33. The molecule has 0 radical (unpaired) electrons. The van der Waals surface area contributed by atoms with Gasteiger partial charge in [-0.25, -0.2) is 0 Å². The third-order valence-electron chi connectivity index (χ3n) is 5.33. The van der Waals surface area contributed by atoms with Gasteiger partial charge in [-0.1, -0.05) is 6.42 Å². The molecule has 5 heteroatoms. The van der Waals surface area contributed by atoms with E-state index in [4.69, 9.17) is 9.15 Å². The molecule has 1 saturated carbocycles. The minimum atomic E-state index is -0.253. The molecular weight excluding hydrogens is 292 g/mol. The van der Waals surface area contributed by atoms with Crippen molar-refractivity contribution in [3.63, 3.8) is 0 Å². The maximum atomic E-state index is 12.5. The first kappa shape index (κ1) is 16.5. The van der Waals surface area contributed by atoms with Crippen molar-refractivity contribution >= 4 is 5.91 Å². The molecule has 128 valence electrons. The van der Waals surface area contributed by atoms with Crippen LogP contribution < -0.4 is 5.32 Å². The van der Waals surface area contributed by atoms with Crippen molar-refractivity contribution in [2.45, 2.75) is 38.6 Å². The van der Waals surface area contributed by atoms with Crippen molar-refractivity contribution in [1.82, 2.24) is 10.2 Å². The number of amides is 1. The van der Waals surface area contributed by atoms with Crippen molar-refractivity contribution < 1.29 is 13.9 Å². The summed E-state index contributed by atoms with van der Waals surface area (Å²) in [4.78, 5) is 14.9. The number of ether oxygens (including phenoxy) is 1. The second-order valence-electron chi connectivity index (χ2n) is 7.10. The van der Waals surface area contributed by atoms with Gasteiger partial charge in [0.2, 0.25) is 5.91 Å². The zero-order valence-corrected chi connectivity index (χ0v) is 14.1. The van der Waals surface area contributed by atoms with Crippen LogP contribution in [0.25, 0.3) is 0 Å². The molecule has 1 atom stereocenters. The van der Waals surface area contributed by atoms with Gasteiger partial charge in [-0.3, -0.25) is 9.69 Å². The van der Waals surface area contributed by atoms with Crippen LogP contribution in [0.3, 0.4) is 0 Å². The van der Waals surface area contributed by atoms with E-state index in [9.17, 15) is 4.79 Å². The maximum absolute atomic E-state index is 12.5. The van der Waals surface area contributed by atoms with E-state index in [1.807, 2.05) is 12.1 Å². The largest absolute Gasteiger partial charge is 0.468 e. The van der Waals surface area contributed by atoms with E-state index in [1.54, 1.807) is 13.4 Å². The van der Waals surface area contributed by atoms with Crippen LogP contribution in [-0.2, 0) is 16.1 Å². The predicted molar refractivity (Wildman–Crippen MR) is 87.9 cm³/mol. The van der Waals surface area contributed by atoms with Crippen LogP contribution in [0.4, 0.5) is 0 Å². The molecule has 1 aliphatic heterocycles. The van der Waals surface area contributed by atoms with Crippen molar-refractivity contribution in [3.05, 3.63) is 24.2 Å². The predicted octanol–water partition coefficient (Wildman–Crippen LogP) is 2.42. The molecule has 0 unspecified atom stereocenters. The SMILES string of the molecule is COCC1(C(=O)NC[C@@H]2CCCN(Cc3ccco3)C2)CCC1. The van der Waals surface area contributed by atoms with Crippen LogP contribution in [0.2, 0.25) is 0 Å². The Kier molecular flexibility index (Phi) is 5.38. The zero-order chi connectivity index (χ0) is 16.1. The molecule has 0 aromatic carbocycles. The first-order chi connectivity index (χ1) is 11.2. The van der Waals surface area contributed by atoms with E-state index >= 15 is 0 Å². The highest BCUT2D eigenvalue weighted by Crippen LogP contribution is 2.41. The summed E-state index contributed by atoms with van der Waals surface area (Å²) in [6, 6.07) is 3.96. The fourth-order valence-corrected chi connectivity index (χ4v) is 3.83. The number of likely N-dealkylation sites (tertiary alicyclic amines) is 1. The lowest BCUT2D eigenvalue weighted by Crippen LogP contribution is -2.50. The number of rotatable bonds is 7. The molecular formula is C18H28N2O3. The van der Waals surface area contributed by atoms with Gasteiger partial charge in [0.15, 0.2) is 0 Å². The molecule has 2 fully saturated rings. The van der Waals surface area contributed by atoms with E-state index in [-0.39, 0.29) is 11.3 Å². The van der Waals surface area contributed by atoms with Crippen molar-refractivity contribution in [3.8, 4) is 0 Å². The van der Waals surface area contributed by atoms with E-state index < -0.39 is 0 Å². The Morgan fingerprint density at radius 1 is 1.48 bits per heavy atom. The fourth-order valence-electron chi connectivity index (χ4n) is 3.83. The second-order valence-corrected chi connectivity index (χ2v) is 7.10. The summed E-state index contributed by atoms with van der Waals surface area (Å²) in [5, 5.41) is 3.19. The number of hydrogen-bond donors (Lipinski definition) is 1. The quantitative estimate of drug-likeness (QED) is 0.838. The van der Waals surface area contributed by atoms with Crippen LogP contribution in [0.15, 0.2) is 22.8 Å². The molecule has 5 nitrogen and oxygen atoms in total. The Balaban J connectivity index is 1.45. The second kappa shape index (κ2) is 7.49. The van der Waals surface area contributed by atoms with Crippen LogP contribution in [0.1, 0.15) is 37.9 Å². The fraction of sp³-hybridized carbons (Fsp3) is 0.722. The minimum Gasteiger partial charge on any atom is -0.468 e. The average molecular weight is 320 g/mol. The first-order valence-electron chi connectivity index (χ1n) is 8.74. The summed E-state index contributed by atoms with van der Waals surface area (Å²) >= 11 is 0. The molecule has 1 N–H and O–H groups in total. The third kappa shape index (κ3) is 3.96. The van der Waals surface area contributed by atoms with Crippen LogP contribution in [0.5, 0.6) is 0 Å². The first-order valence-corrected chi connectivity index (χ1v) is 8.74. The van der Waals surface area contributed by atoms with Gasteiger partial charge in [0.25, 0.3) is 0 Å². The molecule has 1 aliphatic carbocycles. The highest BCUT2D eigenvalue weighted by Gasteiger charge is 2.44. The molecule has 1 aromatic heterocycles. The number of carbonyl (C=O) groups excluding carboxylic acids is 1. The number of hydrogen-bond acceptors (Lipinski definition) is 4. The topological polar surface area (TPSA) is 54.7 Å². The standard InChI is InChI=1S/C18H28N2O3/c1-22-14-18(7-4-8-18)17(21)19-11-15-5-2-9-20(12-15)13-16-6-3-10-23-16/h3,6,10,15H,2,4-5,7-9,11-14H2,1H3,(H,19,21)/t15-/m0/s1. The number of nitrogens with one attached hydrogen (secondary N) is 1. The number of methoxy groups -OCH3 is 1. The molecule has 2 aliphatic rings. The lowest BCUT2D eigenvalue weighted by atomic mass is 9.68. The highest BCUT2D eigenvalue weighted by atomic mass is 16.5. The van der Waals surface area contributed by atoms with E-state index in [0.29, 0.717) is 12.5 Å². The van der Waals surface area contributed by atoms with Crippen molar-refractivity contribution in [2.75, 3.05) is 33.4 Å². The van der Waals surface area contributed by atoms with Gasteiger partial charge < -0.3 is 14.5 Å². The van der Waals surface area contributed by atoms with Crippen LogP contribution in [0, 0.1) is 11.3 Å². The van der Waals surface area contributed by atoms with Crippen molar-refractivity contribution in [2.24, 2.45) is 11.3 Å². The van der Waals surface area contributed by atoms with Crippen LogP contribution >= 0.6 is 0 Å². The lowest BCUT2D eigenvalue weighted by Gasteiger charge is -2.40.